The van der Waals surface area contributed by atoms with Crippen molar-refractivity contribution in [1.82, 2.24) is 10.6 Å². The smallest absolute Gasteiger partial charge is 0.0646 e. The van der Waals surface area contributed by atoms with Crippen LogP contribution in [0.3, 0.4) is 0 Å². The minimum atomic E-state index is 0.0817. The van der Waals surface area contributed by atoms with Gasteiger partial charge in [-0.05, 0) is 38.4 Å². The third-order valence-electron chi connectivity index (χ3n) is 3.24. The van der Waals surface area contributed by atoms with Crippen LogP contribution in [0.15, 0.2) is 42.6 Å². The second kappa shape index (κ2) is 4.71. The quantitative estimate of drug-likeness (QED) is 0.810. The molecule has 0 saturated carbocycles. The Hall–Kier alpha value is -1.28. The maximum atomic E-state index is 3.99. The molecule has 0 amide bonds. The number of rotatable bonds is 3. The fourth-order valence-electron chi connectivity index (χ4n) is 2.51. The van der Waals surface area contributed by atoms with E-state index in [0.717, 1.165) is 31.6 Å². The number of benzene rings is 1. The fraction of sp³-hybridized carbons (Fsp3) is 0.429. The summed E-state index contributed by atoms with van der Waals surface area (Å²) in [7, 11) is 0. The summed E-state index contributed by atoms with van der Waals surface area (Å²) in [5, 5.41) is 6.99. The lowest BCUT2D eigenvalue weighted by molar-refractivity contribution is 0.267. The molecule has 0 unspecified atom stereocenters. The highest BCUT2D eigenvalue weighted by Crippen LogP contribution is 2.31. The number of hydrogen-bond acceptors (Lipinski definition) is 2. The van der Waals surface area contributed by atoms with Crippen molar-refractivity contribution in [3.8, 4) is 0 Å². The molecule has 1 aromatic carbocycles. The highest BCUT2D eigenvalue weighted by molar-refractivity contribution is 5.26. The van der Waals surface area contributed by atoms with E-state index in [-0.39, 0.29) is 5.54 Å². The molecule has 16 heavy (non-hydrogen) atoms. The lowest BCUT2D eigenvalue weighted by atomic mass is 9.81. The molecular formula is C14H20N2. The summed E-state index contributed by atoms with van der Waals surface area (Å²) >= 11 is 0. The molecule has 1 aliphatic heterocycles. The molecule has 1 saturated heterocycles. The molecule has 1 aliphatic rings. The monoisotopic (exact) mass is 216 g/mol. The first kappa shape index (κ1) is 11.2. The summed E-state index contributed by atoms with van der Waals surface area (Å²) < 4.78 is 0. The third kappa shape index (κ3) is 2.27. The lowest BCUT2D eigenvalue weighted by Gasteiger charge is -2.40. The molecule has 2 N–H and O–H groups in total. The van der Waals surface area contributed by atoms with Gasteiger partial charge in [-0.1, -0.05) is 36.9 Å². The summed E-state index contributed by atoms with van der Waals surface area (Å²) in [6.45, 7) is 8.15. The van der Waals surface area contributed by atoms with Crippen LogP contribution in [0, 0.1) is 0 Å². The average molecular weight is 216 g/mol. The van der Waals surface area contributed by atoms with Crippen molar-refractivity contribution in [3.05, 3.63) is 48.2 Å². The third-order valence-corrected chi connectivity index (χ3v) is 3.24. The van der Waals surface area contributed by atoms with Gasteiger partial charge in [-0.25, -0.2) is 0 Å². The number of hydrogen-bond donors (Lipinski definition) is 2. The van der Waals surface area contributed by atoms with E-state index in [4.69, 9.17) is 0 Å². The molecule has 0 spiro atoms. The molecule has 1 heterocycles. The second-order valence-corrected chi connectivity index (χ2v) is 4.60. The van der Waals surface area contributed by atoms with Crippen LogP contribution in [0.4, 0.5) is 0 Å². The first-order valence-electron chi connectivity index (χ1n) is 5.93. The molecule has 0 atom stereocenters. The van der Waals surface area contributed by atoms with Crippen LogP contribution < -0.4 is 10.6 Å². The van der Waals surface area contributed by atoms with Gasteiger partial charge in [-0.15, -0.1) is 0 Å². The molecule has 86 valence electrons. The summed E-state index contributed by atoms with van der Waals surface area (Å²) in [5.41, 5.74) is 2.50. The minimum Gasteiger partial charge on any atom is -0.379 e. The fourth-order valence-corrected chi connectivity index (χ4v) is 2.51. The normalized spacial score (nSPS) is 19.1. The van der Waals surface area contributed by atoms with Gasteiger partial charge >= 0.3 is 0 Å². The summed E-state index contributed by atoms with van der Waals surface area (Å²) in [6.07, 6.45) is 2.23. The van der Waals surface area contributed by atoms with Gasteiger partial charge in [0.25, 0.3) is 0 Å². The van der Waals surface area contributed by atoms with Crippen LogP contribution in [-0.4, -0.2) is 13.1 Å². The maximum absolute atomic E-state index is 3.99. The second-order valence-electron chi connectivity index (χ2n) is 4.60. The zero-order valence-electron chi connectivity index (χ0n) is 9.92. The molecule has 0 aliphatic carbocycles. The maximum Gasteiger partial charge on any atom is 0.0646 e. The van der Waals surface area contributed by atoms with E-state index in [1.807, 2.05) is 6.92 Å². The highest BCUT2D eigenvalue weighted by atomic mass is 15.0. The van der Waals surface area contributed by atoms with Gasteiger partial charge in [0, 0.05) is 5.70 Å². The number of piperidine rings is 1. The van der Waals surface area contributed by atoms with Crippen molar-refractivity contribution in [2.24, 2.45) is 0 Å². The Bertz CT molecular complexity index is 350. The molecule has 0 bridgehead atoms. The van der Waals surface area contributed by atoms with Gasteiger partial charge in [0.1, 0.15) is 0 Å². The molecule has 1 fully saturated rings. The molecule has 0 aromatic heterocycles. The minimum absolute atomic E-state index is 0.0817. The highest BCUT2D eigenvalue weighted by Gasteiger charge is 2.33. The first-order chi connectivity index (χ1) is 7.73. The number of nitrogens with one attached hydrogen (secondary N) is 2. The van der Waals surface area contributed by atoms with Gasteiger partial charge in [-0.2, -0.15) is 0 Å². The van der Waals surface area contributed by atoms with E-state index in [2.05, 4.69) is 47.5 Å². The topological polar surface area (TPSA) is 24.1 Å². The zero-order valence-corrected chi connectivity index (χ0v) is 9.92. The van der Waals surface area contributed by atoms with E-state index in [9.17, 15) is 0 Å². The van der Waals surface area contributed by atoms with Gasteiger partial charge in [0.2, 0.25) is 0 Å². The van der Waals surface area contributed by atoms with Crippen molar-refractivity contribution in [2.45, 2.75) is 25.3 Å². The van der Waals surface area contributed by atoms with Gasteiger partial charge in [-0.3, -0.25) is 0 Å². The van der Waals surface area contributed by atoms with Crippen LogP contribution in [0.2, 0.25) is 0 Å². The Morgan fingerprint density at radius 1 is 1.25 bits per heavy atom. The van der Waals surface area contributed by atoms with E-state index >= 15 is 0 Å². The van der Waals surface area contributed by atoms with E-state index in [1.165, 1.54) is 5.56 Å². The van der Waals surface area contributed by atoms with Crippen LogP contribution in [-0.2, 0) is 5.54 Å². The molecule has 2 heteroatoms. The Morgan fingerprint density at radius 3 is 2.44 bits per heavy atom. The van der Waals surface area contributed by atoms with E-state index in [0.29, 0.717) is 0 Å². The Labute approximate surface area is 97.8 Å². The van der Waals surface area contributed by atoms with Crippen LogP contribution in [0.25, 0.3) is 0 Å². The SMILES string of the molecule is C=C(C)NC1(c2ccccc2)CCNCC1. The molecule has 0 radical (unpaired) electrons. The zero-order chi connectivity index (χ0) is 11.4. The molecule has 1 aromatic rings. The van der Waals surface area contributed by atoms with Crippen molar-refractivity contribution in [2.75, 3.05) is 13.1 Å². The first-order valence-corrected chi connectivity index (χ1v) is 5.93. The molecule has 2 nitrogen and oxygen atoms in total. The Kier molecular flexibility index (Phi) is 3.30. The van der Waals surface area contributed by atoms with Crippen molar-refractivity contribution >= 4 is 0 Å². The average Bonchev–Trinajstić information content (AvgIpc) is 2.30. The summed E-state index contributed by atoms with van der Waals surface area (Å²) in [4.78, 5) is 0. The summed E-state index contributed by atoms with van der Waals surface area (Å²) in [6, 6.07) is 10.7. The lowest BCUT2D eigenvalue weighted by Crippen LogP contribution is -2.49. The summed E-state index contributed by atoms with van der Waals surface area (Å²) in [5.74, 6) is 0. The van der Waals surface area contributed by atoms with Crippen LogP contribution in [0.5, 0.6) is 0 Å². The van der Waals surface area contributed by atoms with E-state index < -0.39 is 0 Å². The standard InChI is InChI=1S/C14H20N2/c1-12(2)16-14(8-10-15-11-9-14)13-6-4-3-5-7-13/h3-7,15-16H,1,8-11H2,2H3. The molecular weight excluding hydrogens is 196 g/mol. The van der Waals surface area contributed by atoms with Crippen LogP contribution >= 0.6 is 0 Å². The van der Waals surface area contributed by atoms with Gasteiger partial charge in [0.05, 0.1) is 5.54 Å². The largest absolute Gasteiger partial charge is 0.379 e. The van der Waals surface area contributed by atoms with Gasteiger partial charge < -0.3 is 10.6 Å². The van der Waals surface area contributed by atoms with Crippen molar-refractivity contribution < 1.29 is 0 Å². The molecule has 2 rings (SSSR count). The van der Waals surface area contributed by atoms with Gasteiger partial charge in [0.15, 0.2) is 0 Å². The number of allylic oxidation sites excluding steroid dienone is 1. The van der Waals surface area contributed by atoms with Crippen molar-refractivity contribution in [3.63, 3.8) is 0 Å². The predicted molar refractivity (Wildman–Crippen MR) is 68.2 cm³/mol. The predicted octanol–water partition coefficient (Wildman–Crippen LogP) is 2.39. The van der Waals surface area contributed by atoms with E-state index in [1.54, 1.807) is 0 Å². The van der Waals surface area contributed by atoms with Crippen molar-refractivity contribution in [1.29, 1.82) is 0 Å². The Balaban J connectivity index is 2.29. The van der Waals surface area contributed by atoms with Crippen LogP contribution in [0.1, 0.15) is 25.3 Å². The Morgan fingerprint density at radius 2 is 1.88 bits per heavy atom.